The normalized spacial score (nSPS) is 13.3. The number of benzene rings is 3. The molecule has 0 heterocycles. The summed E-state index contributed by atoms with van der Waals surface area (Å²) in [6.07, 6.45) is 4.00. The first-order valence-electron chi connectivity index (χ1n) is 9.96. The van der Waals surface area contributed by atoms with E-state index in [2.05, 4.69) is 4.72 Å². The molecule has 4 nitrogen and oxygen atoms in total. The van der Waals surface area contributed by atoms with Gasteiger partial charge in [0.25, 0.3) is 0 Å². The lowest BCUT2D eigenvalue weighted by Gasteiger charge is -2.29. The van der Waals surface area contributed by atoms with Crippen molar-refractivity contribution in [2.24, 2.45) is 5.41 Å². The van der Waals surface area contributed by atoms with Crippen LogP contribution in [0.2, 0.25) is 0 Å². The van der Waals surface area contributed by atoms with Gasteiger partial charge in [0.05, 0.1) is 4.90 Å². The predicted octanol–water partition coefficient (Wildman–Crippen LogP) is 6.02. The molecule has 0 saturated carbocycles. The van der Waals surface area contributed by atoms with Crippen LogP contribution >= 0.6 is 0 Å². The summed E-state index contributed by atoms with van der Waals surface area (Å²) in [5, 5.41) is 0. The van der Waals surface area contributed by atoms with Crippen molar-refractivity contribution in [3.8, 4) is 11.5 Å². The Balaban J connectivity index is 1.67. The Hall–Kier alpha value is -2.96. The highest BCUT2D eigenvalue weighted by Crippen LogP contribution is 2.27. The molecule has 3 aromatic rings. The molecule has 0 aliphatic carbocycles. The zero-order chi connectivity index (χ0) is 22.5. The van der Waals surface area contributed by atoms with Crippen molar-refractivity contribution in [2.75, 3.05) is 0 Å². The van der Waals surface area contributed by atoms with Crippen LogP contribution in [0, 0.1) is 11.2 Å². The Morgan fingerprint density at radius 1 is 0.903 bits per heavy atom. The van der Waals surface area contributed by atoms with Crippen molar-refractivity contribution < 1.29 is 17.5 Å². The Kier molecular flexibility index (Phi) is 6.93. The number of halogens is 1. The van der Waals surface area contributed by atoms with Crippen molar-refractivity contribution in [1.82, 2.24) is 4.72 Å². The minimum atomic E-state index is -3.71. The maximum Gasteiger partial charge on any atom is 0.240 e. The lowest BCUT2D eigenvalue weighted by Crippen LogP contribution is -2.41. The molecule has 162 valence electrons. The van der Waals surface area contributed by atoms with E-state index in [0.29, 0.717) is 11.5 Å². The fourth-order valence-corrected chi connectivity index (χ4v) is 4.20. The molecule has 0 radical (unpaired) electrons. The van der Waals surface area contributed by atoms with Gasteiger partial charge < -0.3 is 4.74 Å². The highest BCUT2D eigenvalue weighted by Gasteiger charge is 2.28. The molecule has 0 saturated heterocycles. The van der Waals surface area contributed by atoms with E-state index in [9.17, 15) is 12.8 Å². The van der Waals surface area contributed by atoms with Crippen molar-refractivity contribution >= 4 is 16.1 Å². The molecule has 0 aliphatic heterocycles. The predicted molar refractivity (Wildman–Crippen MR) is 122 cm³/mol. The molecule has 0 aromatic heterocycles. The molecular formula is C25H26FNO3S. The van der Waals surface area contributed by atoms with Gasteiger partial charge in [-0.2, -0.15) is 0 Å². The lowest BCUT2D eigenvalue weighted by molar-refractivity contribution is 0.368. The van der Waals surface area contributed by atoms with E-state index in [1.807, 2.05) is 63.3 Å². The molecule has 0 aliphatic rings. The minimum absolute atomic E-state index is 0.147. The average Bonchev–Trinajstić information content (AvgIpc) is 2.75. The molecule has 0 bridgehead atoms. The highest BCUT2D eigenvalue weighted by molar-refractivity contribution is 7.89. The van der Waals surface area contributed by atoms with Crippen LogP contribution in [-0.2, 0) is 10.0 Å². The summed E-state index contributed by atoms with van der Waals surface area (Å²) in [7, 11) is -3.71. The zero-order valence-electron chi connectivity index (χ0n) is 17.7. The molecule has 6 heteroatoms. The Bertz CT molecular complexity index is 1120. The number of rotatable bonds is 8. The van der Waals surface area contributed by atoms with Gasteiger partial charge >= 0.3 is 0 Å². The summed E-state index contributed by atoms with van der Waals surface area (Å²) >= 11 is 0. The third-order valence-corrected chi connectivity index (χ3v) is 6.69. The minimum Gasteiger partial charge on any atom is -0.457 e. The van der Waals surface area contributed by atoms with Gasteiger partial charge in [-0.15, -0.1) is 0 Å². The average molecular weight is 440 g/mol. The standard InChI is InChI=1S/C25H26FNO3S/c1-19(25(2,3)18-17-20-7-5-4-6-8-20)27-31(28,29)24-15-13-23(14-16-24)30-22-11-9-21(26)10-12-22/h4-19,27H,1-3H3. The third-order valence-electron chi connectivity index (χ3n) is 5.14. The maximum atomic E-state index is 13.0. The maximum absolute atomic E-state index is 13.0. The Morgan fingerprint density at radius 2 is 1.45 bits per heavy atom. The monoisotopic (exact) mass is 439 g/mol. The van der Waals surface area contributed by atoms with Crippen LogP contribution in [0.4, 0.5) is 4.39 Å². The first kappa shape index (κ1) is 22.7. The van der Waals surface area contributed by atoms with Crippen LogP contribution in [0.5, 0.6) is 11.5 Å². The fourth-order valence-electron chi connectivity index (χ4n) is 2.80. The second-order valence-corrected chi connectivity index (χ2v) is 9.65. The van der Waals surface area contributed by atoms with Crippen LogP contribution in [0.15, 0.2) is 89.8 Å². The van der Waals surface area contributed by atoms with Gasteiger partial charge in [0, 0.05) is 6.04 Å². The number of ether oxygens (including phenoxy) is 1. The molecule has 0 spiro atoms. The van der Waals surface area contributed by atoms with E-state index in [-0.39, 0.29) is 16.8 Å². The molecule has 3 rings (SSSR count). The van der Waals surface area contributed by atoms with E-state index in [0.717, 1.165) is 5.56 Å². The topological polar surface area (TPSA) is 55.4 Å². The van der Waals surface area contributed by atoms with Gasteiger partial charge in [0.1, 0.15) is 17.3 Å². The Morgan fingerprint density at radius 3 is 2.03 bits per heavy atom. The van der Waals surface area contributed by atoms with Gasteiger partial charge in [-0.3, -0.25) is 0 Å². The van der Waals surface area contributed by atoms with E-state index < -0.39 is 15.4 Å². The first-order valence-corrected chi connectivity index (χ1v) is 11.4. The van der Waals surface area contributed by atoms with E-state index in [1.54, 1.807) is 12.1 Å². The molecule has 0 fully saturated rings. The second-order valence-electron chi connectivity index (χ2n) is 7.94. The summed E-state index contributed by atoms with van der Waals surface area (Å²) in [5.74, 6) is 0.580. The van der Waals surface area contributed by atoms with E-state index >= 15 is 0 Å². The molecule has 1 unspecified atom stereocenters. The molecular weight excluding hydrogens is 413 g/mol. The van der Waals surface area contributed by atoms with E-state index in [4.69, 9.17) is 4.74 Å². The fraction of sp³-hybridized carbons (Fsp3) is 0.200. The van der Waals surface area contributed by atoms with Crippen LogP contribution in [0.3, 0.4) is 0 Å². The van der Waals surface area contributed by atoms with E-state index in [1.165, 1.54) is 36.4 Å². The number of sulfonamides is 1. The summed E-state index contributed by atoms with van der Waals surface area (Å²) in [6, 6.07) is 21.3. The van der Waals surface area contributed by atoms with Crippen molar-refractivity contribution in [3.05, 3.63) is 96.3 Å². The molecule has 1 N–H and O–H groups in total. The number of hydrogen-bond acceptors (Lipinski definition) is 3. The highest BCUT2D eigenvalue weighted by atomic mass is 32.2. The first-order chi connectivity index (χ1) is 14.7. The quantitative estimate of drug-likeness (QED) is 0.467. The molecule has 1 atom stereocenters. The third kappa shape index (κ3) is 6.26. The van der Waals surface area contributed by atoms with Gasteiger partial charge in [-0.25, -0.2) is 17.5 Å². The van der Waals surface area contributed by atoms with Crippen molar-refractivity contribution in [3.63, 3.8) is 0 Å². The van der Waals surface area contributed by atoms with Crippen LogP contribution in [0.1, 0.15) is 26.3 Å². The number of hydrogen-bond donors (Lipinski definition) is 1. The zero-order valence-corrected chi connectivity index (χ0v) is 18.6. The summed E-state index contributed by atoms with van der Waals surface area (Å²) in [4.78, 5) is 0.147. The second kappa shape index (κ2) is 9.45. The number of nitrogens with one attached hydrogen (secondary N) is 1. The van der Waals surface area contributed by atoms with Gasteiger partial charge in [0.2, 0.25) is 10.0 Å². The van der Waals surface area contributed by atoms with Gasteiger partial charge in [-0.1, -0.05) is 56.3 Å². The Labute approximate surface area is 183 Å². The summed E-state index contributed by atoms with van der Waals surface area (Å²) in [5.41, 5.74) is 0.650. The smallest absolute Gasteiger partial charge is 0.240 e. The summed E-state index contributed by atoms with van der Waals surface area (Å²) < 4.78 is 47.1. The molecule has 3 aromatic carbocycles. The van der Waals surface area contributed by atoms with Crippen molar-refractivity contribution in [1.29, 1.82) is 0 Å². The van der Waals surface area contributed by atoms with Crippen LogP contribution < -0.4 is 9.46 Å². The van der Waals surface area contributed by atoms with Gasteiger partial charge in [-0.05, 0) is 66.4 Å². The molecule has 31 heavy (non-hydrogen) atoms. The SMILES string of the molecule is CC(NS(=O)(=O)c1ccc(Oc2ccc(F)cc2)cc1)C(C)(C)C=Cc1ccccc1. The molecule has 0 amide bonds. The summed E-state index contributed by atoms with van der Waals surface area (Å²) in [6.45, 7) is 5.82. The largest absolute Gasteiger partial charge is 0.457 e. The van der Waals surface area contributed by atoms with Crippen LogP contribution in [0.25, 0.3) is 6.08 Å². The lowest BCUT2D eigenvalue weighted by atomic mass is 9.85. The van der Waals surface area contributed by atoms with Gasteiger partial charge in [0.15, 0.2) is 0 Å². The van der Waals surface area contributed by atoms with Crippen molar-refractivity contribution in [2.45, 2.75) is 31.7 Å². The van der Waals surface area contributed by atoms with Crippen LogP contribution in [-0.4, -0.2) is 14.5 Å².